The first-order chi connectivity index (χ1) is 10.5. The second kappa shape index (κ2) is 6.21. The summed E-state index contributed by atoms with van der Waals surface area (Å²) in [6, 6.07) is 0.270. The second-order valence-electron chi connectivity index (χ2n) is 8.00. The summed E-state index contributed by atoms with van der Waals surface area (Å²) in [4.78, 5) is 23.2. The van der Waals surface area contributed by atoms with Crippen molar-refractivity contribution in [2.45, 2.75) is 70.8 Å². The average Bonchev–Trinajstić information content (AvgIpc) is 2.45. The van der Waals surface area contributed by atoms with Crippen LogP contribution in [0.15, 0.2) is 0 Å². The summed E-state index contributed by atoms with van der Waals surface area (Å²) in [6.07, 6.45) is 9.54. The Labute approximate surface area is 133 Å². The number of carbonyl (C=O) groups excluding carboxylic acids is 2. The Hall–Kier alpha value is -1.06. The van der Waals surface area contributed by atoms with E-state index in [9.17, 15) is 9.59 Å². The van der Waals surface area contributed by atoms with Crippen LogP contribution in [-0.2, 0) is 14.3 Å². The number of amides is 1. The van der Waals surface area contributed by atoms with Gasteiger partial charge in [0.2, 0.25) is 5.91 Å². The molecule has 4 bridgehead atoms. The van der Waals surface area contributed by atoms with E-state index in [1.165, 1.54) is 45.6 Å². The first kappa shape index (κ1) is 15.8. The fraction of sp³-hybridized carbons (Fsp3) is 0.889. The molecule has 0 aromatic heterocycles. The zero-order valence-electron chi connectivity index (χ0n) is 13.9. The Morgan fingerprint density at radius 3 is 2.14 bits per heavy atom. The number of hydrogen-bond acceptors (Lipinski definition) is 3. The molecule has 4 rings (SSSR count). The zero-order valence-corrected chi connectivity index (χ0v) is 13.9. The first-order valence-corrected chi connectivity index (χ1v) is 8.87. The first-order valence-electron chi connectivity index (χ1n) is 8.87. The fourth-order valence-corrected chi connectivity index (χ4v) is 5.67. The molecular formula is C18H29NO3. The van der Waals surface area contributed by atoms with E-state index in [2.05, 4.69) is 17.0 Å². The van der Waals surface area contributed by atoms with Crippen molar-refractivity contribution in [2.75, 3.05) is 7.11 Å². The summed E-state index contributed by atoms with van der Waals surface area (Å²) in [5.74, 6) is 2.58. The smallest absolute Gasteiger partial charge is 0.305 e. The average molecular weight is 307 g/mol. The molecule has 4 heteroatoms. The maximum atomic E-state index is 12.2. The van der Waals surface area contributed by atoms with E-state index in [1.54, 1.807) is 0 Å². The Morgan fingerprint density at radius 1 is 1.09 bits per heavy atom. The molecule has 4 aliphatic rings. The lowest BCUT2D eigenvalue weighted by atomic mass is 9.48. The highest BCUT2D eigenvalue weighted by molar-refractivity contribution is 5.77. The van der Waals surface area contributed by atoms with Crippen molar-refractivity contribution >= 4 is 11.9 Å². The van der Waals surface area contributed by atoms with Crippen LogP contribution in [0.1, 0.15) is 64.7 Å². The third kappa shape index (κ3) is 3.16. The number of hydrogen-bond donors (Lipinski definition) is 1. The summed E-state index contributed by atoms with van der Waals surface area (Å²) in [6.45, 7) is 2.20. The molecule has 4 aliphatic carbocycles. The van der Waals surface area contributed by atoms with Gasteiger partial charge in [-0.3, -0.25) is 9.59 Å². The summed E-state index contributed by atoms with van der Waals surface area (Å²) in [5, 5.41) is 3.24. The lowest BCUT2D eigenvalue weighted by Crippen LogP contribution is -2.55. The highest BCUT2D eigenvalue weighted by atomic mass is 16.5. The van der Waals surface area contributed by atoms with Gasteiger partial charge >= 0.3 is 5.97 Å². The van der Waals surface area contributed by atoms with Crippen LogP contribution in [0.25, 0.3) is 0 Å². The minimum Gasteiger partial charge on any atom is -0.469 e. The number of rotatable bonds is 6. The minimum absolute atomic E-state index is 0.0900. The molecule has 1 atom stereocenters. The van der Waals surface area contributed by atoms with E-state index in [4.69, 9.17) is 0 Å². The molecule has 0 radical (unpaired) electrons. The molecule has 22 heavy (non-hydrogen) atoms. The molecule has 1 amide bonds. The Kier molecular flexibility index (Phi) is 4.47. The number of carbonyl (C=O) groups is 2. The van der Waals surface area contributed by atoms with Crippen LogP contribution < -0.4 is 5.32 Å². The van der Waals surface area contributed by atoms with Crippen LogP contribution in [0.4, 0.5) is 0 Å². The van der Waals surface area contributed by atoms with Crippen molar-refractivity contribution in [1.29, 1.82) is 0 Å². The predicted molar refractivity (Wildman–Crippen MR) is 84.1 cm³/mol. The molecule has 4 fully saturated rings. The Bertz CT molecular complexity index is 410. The van der Waals surface area contributed by atoms with Crippen LogP contribution in [-0.4, -0.2) is 25.0 Å². The van der Waals surface area contributed by atoms with Crippen LogP contribution in [0.3, 0.4) is 0 Å². The fourth-order valence-electron chi connectivity index (χ4n) is 5.67. The topological polar surface area (TPSA) is 55.4 Å². The summed E-state index contributed by atoms with van der Waals surface area (Å²) >= 11 is 0. The van der Waals surface area contributed by atoms with Crippen molar-refractivity contribution in [2.24, 2.45) is 23.2 Å². The van der Waals surface area contributed by atoms with Gasteiger partial charge in [0.1, 0.15) is 0 Å². The van der Waals surface area contributed by atoms with Gasteiger partial charge in [0.15, 0.2) is 0 Å². The number of nitrogens with one attached hydrogen (secondary N) is 1. The van der Waals surface area contributed by atoms with E-state index in [0.29, 0.717) is 24.7 Å². The van der Waals surface area contributed by atoms with E-state index >= 15 is 0 Å². The van der Waals surface area contributed by atoms with E-state index in [-0.39, 0.29) is 17.9 Å². The molecule has 124 valence electrons. The van der Waals surface area contributed by atoms with Crippen LogP contribution >= 0.6 is 0 Å². The second-order valence-corrected chi connectivity index (χ2v) is 8.00. The van der Waals surface area contributed by atoms with Gasteiger partial charge in [0, 0.05) is 18.9 Å². The molecule has 1 N–H and O–H groups in total. The molecule has 0 aromatic rings. The van der Waals surface area contributed by atoms with Gasteiger partial charge in [0.05, 0.1) is 7.11 Å². The third-order valence-corrected chi connectivity index (χ3v) is 6.39. The molecule has 4 saturated carbocycles. The molecule has 1 unspecified atom stereocenters. The number of ether oxygens (including phenoxy) is 1. The number of esters is 1. The minimum atomic E-state index is -0.234. The largest absolute Gasteiger partial charge is 0.469 e. The molecular weight excluding hydrogens is 278 g/mol. The standard InChI is InChI=1S/C18H29NO3/c1-12(19-16(20)4-3-5-17(21)22-2)18-9-13-6-14(10-18)8-15(7-13)11-18/h12-15H,3-11H2,1-2H3,(H,19,20). The number of methoxy groups -OCH3 is 1. The third-order valence-electron chi connectivity index (χ3n) is 6.39. The zero-order chi connectivity index (χ0) is 15.7. The monoisotopic (exact) mass is 307 g/mol. The summed E-state index contributed by atoms with van der Waals surface area (Å²) in [5.41, 5.74) is 0.354. The quantitative estimate of drug-likeness (QED) is 0.767. The molecule has 0 aromatic carbocycles. The Morgan fingerprint density at radius 2 is 1.64 bits per heavy atom. The van der Waals surface area contributed by atoms with Crippen molar-refractivity contribution in [3.8, 4) is 0 Å². The van der Waals surface area contributed by atoms with Gasteiger partial charge in [-0.05, 0) is 75.0 Å². The van der Waals surface area contributed by atoms with Gasteiger partial charge in [-0.2, -0.15) is 0 Å². The molecule has 0 saturated heterocycles. The van der Waals surface area contributed by atoms with Gasteiger partial charge < -0.3 is 10.1 Å². The maximum absolute atomic E-state index is 12.2. The van der Waals surface area contributed by atoms with Crippen LogP contribution in [0.2, 0.25) is 0 Å². The molecule has 4 nitrogen and oxygen atoms in total. The highest BCUT2D eigenvalue weighted by Gasteiger charge is 2.53. The Balaban J connectivity index is 1.50. The van der Waals surface area contributed by atoms with Gasteiger partial charge in [-0.1, -0.05) is 0 Å². The predicted octanol–water partition coefficient (Wildman–Crippen LogP) is 3.05. The maximum Gasteiger partial charge on any atom is 0.305 e. The highest BCUT2D eigenvalue weighted by Crippen LogP contribution is 2.61. The van der Waals surface area contributed by atoms with E-state index in [1.807, 2.05) is 0 Å². The van der Waals surface area contributed by atoms with Crippen molar-refractivity contribution in [1.82, 2.24) is 5.32 Å². The van der Waals surface area contributed by atoms with E-state index in [0.717, 1.165) is 17.8 Å². The van der Waals surface area contributed by atoms with Crippen molar-refractivity contribution in [3.05, 3.63) is 0 Å². The van der Waals surface area contributed by atoms with Crippen molar-refractivity contribution in [3.63, 3.8) is 0 Å². The van der Waals surface area contributed by atoms with E-state index < -0.39 is 0 Å². The lowest BCUT2D eigenvalue weighted by Gasteiger charge is -2.59. The van der Waals surface area contributed by atoms with Crippen molar-refractivity contribution < 1.29 is 14.3 Å². The van der Waals surface area contributed by atoms with Crippen LogP contribution in [0, 0.1) is 23.2 Å². The van der Waals surface area contributed by atoms with Gasteiger partial charge in [-0.15, -0.1) is 0 Å². The SMILES string of the molecule is COC(=O)CCCC(=O)NC(C)C12CC3CC(CC(C3)C1)C2. The summed E-state index contributed by atoms with van der Waals surface area (Å²) in [7, 11) is 1.39. The van der Waals surface area contributed by atoms with Gasteiger partial charge in [0.25, 0.3) is 0 Å². The molecule has 0 aliphatic heterocycles. The van der Waals surface area contributed by atoms with Gasteiger partial charge in [-0.25, -0.2) is 0 Å². The normalized spacial score (nSPS) is 36.9. The molecule has 0 heterocycles. The molecule has 0 spiro atoms. The summed E-state index contributed by atoms with van der Waals surface area (Å²) < 4.78 is 4.61. The lowest BCUT2D eigenvalue weighted by molar-refractivity contribution is -0.140. The van der Waals surface area contributed by atoms with Crippen LogP contribution in [0.5, 0.6) is 0 Å².